The Morgan fingerprint density at radius 3 is 2.68 bits per heavy atom. The summed E-state index contributed by atoms with van der Waals surface area (Å²) in [6, 6.07) is 20.2. The Hall–Kier alpha value is -2.72. The summed E-state index contributed by atoms with van der Waals surface area (Å²) in [7, 11) is 0. The number of rotatable bonds is 3. The highest BCUT2D eigenvalue weighted by Gasteiger charge is 2.08. The van der Waals surface area contributed by atoms with Gasteiger partial charge in [0.25, 0.3) is 0 Å². The van der Waals surface area contributed by atoms with Crippen LogP contribution in [0.2, 0.25) is 0 Å². The van der Waals surface area contributed by atoms with Gasteiger partial charge in [-0.25, -0.2) is 4.98 Å². The highest BCUT2D eigenvalue weighted by Crippen LogP contribution is 2.29. The molecular weight excluding hydrogens is 290 g/mol. The van der Waals surface area contributed by atoms with Crippen molar-refractivity contribution in [1.29, 1.82) is 0 Å². The average Bonchev–Trinajstić information content (AvgIpc) is 3.22. The largest absolute Gasteiger partial charge is 0.338 e. The molecule has 2 heterocycles. The predicted molar refractivity (Wildman–Crippen MR) is 93.1 cm³/mol. The Bertz CT molecular complexity index is 903. The lowest BCUT2D eigenvalue weighted by atomic mass is 10.1. The second kappa shape index (κ2) is 5.58. The van der Waals surface area contributed by atoms with E-state index in [2.05, 4.69) is 21.0 Å². The fourth-order valence-corrected chi connectivity index (χ4v) is 2.95. The number of aliphatic imine (C=N–C) groups is 1. The topological polar surface area (TPSA) is 41.0 Å². The van der Waals surface area contributed by atoms with Crippen molar-refractivity contribution in [3.63, 3.8) is 0 Å². The lowest BCUT2D eigenvalue weighted by Crippen LogP contribution is -1.82. The van der Waals surface area contributed by atoms with Crippen LogP contribution in [0.5, 0.6) is 0 Å². The van der Waals surface area contributed by atoms with Crippen molar-refractivity contribution in [3.05, 3.63) is 70.9 Å². The van der Waals surface area contributed by atoms with E-state index in [1.165, 1.54) is 0 Å². The van der Waals surface area contributed by atoms with E-state index in [1.54, 1.807) is 11.3 Å². The van der Waals surface area contributed by atoms with Gasteiger partial charge in [0, 0.05) is 16.7 Å². The number of benzene rings is 2. The van der Waals surface area contributed by atoms with Crippen LogP contribution >= 0.6 is 11.3 Å². The van der Waals surface area contributed by atoms with Gasteiger partial charge in [-0.1, -0.05) is 30.3 Å². The SMILES string of the molecule is C(=Nc1ccccc1-c1nc2ccccc2[nH]1)c1cccs1. The number of nitrogens with one attached hydrogen (secondary N) is 1. The Balaban J connectivity index is 1.78. The third kappa shape index (κ3) is 2.44. The van der Waals surface area contributed by atoms with Gasteiger partial charge in [0.05, 0.1) is 16.7 Å². The summed E-state index contributed by atoms with van der Waals surface area (Å²) in [5, 5.41) is 2.05. The maximum absolute atomic E-state index is 4.66. The Morgan fingerprint density at radius 2 is 1.82 bits per heavy atom. The molecule has 0 bridgehead atoms. The normalized spacial score (nSPS) is 11.5. The average molecular weight is 303 g/mol. The zero-order valence-electron chi connectivity index (χ0n) is 11.7. The van der Waals surface area contributed by atoms with E-state index < -0.39 is 0 Å². The van der Waals surface area contributed by atoms with Crippen LogP contribution < -0.4 is 0 Å². The summed E-state index contributed by atoms with van der Waals surface area (Å²) in [5.74, 6) is 0.847. The number of aromatic nitrogens is 2. The summed E-state index contributed by atoms with van der Waals surface area (Å²) >= 11 is 1.67. The van der Waals surface area contributed by atoms with E-state index in [1.807, 2.05) is 66.2 Å². The first-order valence-corrected chi connectivity index (χ1v) is 7.90. The molecule has 0 saturated carbocycles. The lowest BCUT2D eigenvalue weighted by Gasteiger charge is -2.01. The first-order valence-electron chi connectivity index (χ1n) is 7.02. The van der Waals surface area contributed by atoms with Crippen molar-refractivity contribution >= 4 is 34.3 Å². The molecule has 106 valence electrons. The highest BCUT2D eigenvalue weighted by molar-refractivity contribution is 7.11. The minimum Gasteiger partial charge on any atom is -0.338 e. The second-order valence-corrected chi connectivity index (χ2v) is 5.87. The fourth-order valence-electron chi connectivity index (χ4n) is 2.36. The van der Waals surface area contributed by atoms with Crippen LogP contribution in [-0.4, -0.2) is 16.2 Å². The highest BCUT2D eigenvalue weighted by atomic mass is 32.1. The minimum absolute atomic E-state index is 0.847. The number of H-pyrrole nitrogens is 1. The monoisotopic (exact) mass is 303 g/mol. The van der Waals surface area contributed by atoms with E-state index in [9.17, 15) is 0 Å². The zero-order valence-corrected chi connectivity index (χ0v) is 12.5. The lowest BCUT2D eigenvalue weighted by molar-refractivity contribution is 1.33. The van der Waals surface area contributed by atoms with E-state index in [4.69, 9.17) is 0 Å². The number of hydrogen-bond donors (Lipinski definition) is 1. The first-order chi connectivity index (χ1) is 10.9. The standard InChI is InChI=1S/C18H13N3S/c1-2-8-15(19-12-13-6-5-11-22-13)14(7-1)18-20-16-9-3-4-10-17(16)21-18/h1-12H,(H,20,21). The van der Waals surface area contributed by atoms with Gasteiger partial charge in [-0.05, 0) is 35.7 Å². The smallest absolute Gasteiger partial charge is 0.140 e. The van der Waals surface area contributed by atoms with Crippen LogP contribution in [0.4, 0.5) is 5.69 Å². The molecule has 4 rings (SSSR count). The van der Waals surface area contributed by atoms with Crippen LogP contribution in [0.15, 0.2) is 71.0 Å². The molecular formula is C18H13N3S. The van der Waals surface area contributed by atoms with Gasteiger partial charge in [-0.15, -0.1) is 11.3 Å². The zero-order chi connectivity index (χ0) is 14.8. The number of nitrogens with zero attached hydrogens (tertiary/aromatic N) is 2. The van der Waals surface area contributed by atoms with Crippen molar-refractivity contribution < 1.29 is 0 Å². The molecule has 0 atom stereocenters. The number of imidazole rings is 1. The minimum atomic E-state index is 0.847. The molecule has 0 aliphatic carbocycles. The number of fused-ring (bicyclic) bond motifs is 1. The van der Waals surface area contributed by atoms with Gasteiger partial charge in [-0.2, -0.15) is 0 Å². The molecule has 0 radical (unpaired) electrons. The van der Waals surface area contributed by atoms with Gasteiger partial charge in [0.2, 0.25) is 0 Å². The maximum atomic E-state index is 4.66. The molecule has 0 amide bonds. The van der Waals surface area contributed by atoms with E-state index in [0.29, 0.717) is 0 Å². The molecule has 0 fully saturated rings. The summed E-state index contributed by atoms with van der Waals surface area (Å²) in [6.07, 6.45) is 1.89. The van der Waals surface area contributed by atoms with Gasteiger partial charge < -0.3 is 4.98 Å². The van der Waals surface area contributed by atoms with Crippen LogP contribution in [0.3, 0.4) is 0 Å². The van der Waals surface area contributed by atoms with E-state index in [0.717, 1.165) is 33.0 Å². The molecule has 0 aliphatic rings. The van der Waals surface area contributed by atoms with E-state index >= 15 is 0 Å². The van der Waals surface area contributed by atoms with Gasteiger partial charge >= 0.3 is 0 Å². The quantitative estimate of drug-likeness (QED) is 0.529. The molecule has 0 unspecified atom stereocenters. The summed E-state index contributed by atoms with van der Waals surface area (Å²) in [4.78, 5) is 13.8. The second-order valence-electron chi connectivity index (χ2n) is 4.89. The predicted octanol–water partition coefficient (Wildman–Crippen LogP) is 5.04. The molecule has 1 N–H and O–H groups in total. The molecule has 0 saturated heterocycles. The van der Waals surface area contributed by atoms with Gasteiger partial charge in [0.15, 0.2) is 0 Å². The number of thiophene rings is 1. The number of hydrogen-bond acceptors (Lipinski definition) is 3. The number of aromatic amines is 1. The Labute approximate surface area is 132 Å². The van der Waals surface area contributed by atoms with Gasteiger partial charge in [0.1, 0.15) is 5.82 Å². The molecule has 4 heteroatoms. The molecule has 22 heavy (non-hydrogen) atoms. The van der Waals surface area contributed by atoms with Crippen molar-refractivity contribution in [2.45, 2.75) is 0 Å². The van der Waals surface area contributed by atoms with Crippen molar-refractivity contribution in [2.24, 2.45) is 4.99 Å². The first kappa shape index (κ1) is 13.0. The summed E-state index contributed by atoms with van der Waals surface area (Å²) in [5.41, 5.74) is 3.92. The van der Waals surface area contributed by atoms with Crippen LogP contribution in [0, 0.1) is 0 Å². The summed E-state index contributed by atoms with van der Waals surface area (Å²) in [6.45, 7) is 0. The Kier molecular flexibility index (Phi) is 3.29. The van der Waals surface area contributed by atoms with E-state index in [-0.39, 0.29) is 0 Å². The fraction of sp³-hybridized carbons (Fsp3) is 0. The molecule has 3 nitrogen and oxygen atoms in total. The third-order valence-corrected chi connectivity index (χ3v) is 4.23. The Morgan fingerprint density at radius 1 is 0.955 bits per heavy atom. The third-order valence-electron chi connectivity index (χ3n) is 3.42. The van der Waals surface area contributed by atoms with Crippen LogP contribution in [-0.2, 0) is 0 Å². The number of para-hydroxylation sites is 3. The van der Waals surface area contributed by atoms with Crippen LogP contribution in [0.25, 0.3) is 22.4 Å². The van der Waals surface area contributed by atoms with Crippen molar-refractivity contribution in [1.82, 2.24) is 9.97 Å². The summed E-state index contributed by atoms with van der Waals surface area (Å²) < 4.78 is 0. The molecule has 0 spiro atoms. The molecule has 0 aliphatic heterocycles. The molecule has 2 aromatic carbocycles. The van der Waals surface area contributed by atoms with Crippen molar-refractivity contribution in [3.8, 4) is 11.4 Å². The van der Waals surface area contributed by atoms with Crippen molar-refractivity contribution in [2.75, 3.05) is 0 Å². The van der Waals surface area contributed by atoms with Crippen LogP contribution in [0.1, 0.15) is 4.88 Å². The molecule has 2 aromatic heterocycles. The van der Waals surface area contributed by atoms with Gasteiger partial charge in [-0.3, -0.25) is 4.99 Å². The maximum Gasteiger partial charge on any atom is 0.140 e. The molecule has 4 aromatic rings.